The SMILES string of the molecule is CCN(CC)C1CCCN(C(=O)/C=C(\C)CC/C=C(\C)CC/C=C(\C)CC/C=C(\C)CCC=C(C)C)C1. The number of hydrogen-bond acceptors (Lipinski definition) is 2. The summed E-state index contributed by atoms with van der Waals surface area (Å²) in [7, 11) is 0. The van der Waals surface area contributed by atoms with E-state index in [1.165, 1.54) is 40.7 Å². The molecule has 1 heterocycles. The average Bonchev–Trinajstić information content (AvgIpc) is 2.84. The molecule has 1 saturated heterocycles. The van der Waals surface area contributed by atoms with E-state index in [4.69, 9.17) is 0 Å². The smallest absolute Gasteiger partial charge is 0.246 e. The molecular formula is C34H58N2O. The normalized spacial score (nSPS) is 18.0. The van der Waals surface area contributed by atoms with E-state index in [0.717, 1.165) is 77.5 Å². The summed E-state index contributed by atoms with van der Waals surface area (Å²) in [4.78, 5) is 17.4. The predicted molar refractivity (Wildman–Crippen MR) is 164 cm³/mol. The standard InChI is InChI=1S/C34H58N2O/c1-9-35(10-2)33-24-15-25-36(27-33)34(37)26-32(8)23-14-22-31(7)21-13-20-30(6)19-12-18-29(5)17-11-16-28(3)4/h16,18,20,22,26,33H,9-15,17,19,21,23-25,27H2,1-8H3/b29-18+,30-20+,31-22+,32-26+. The molecule has 1 rings (SSSR count). The molecule has 0 aromatic rings. The molecule has 3 heteroatoms. The summed E-state index contributed by atoms with van der Waals surface area (Å²) in [6, 6.07) is 0.517. The number of amides is 1. The Balaban J connectivity index is 2.35. The van der Waals surface area contributed by atoms with Crippen LogP contribution in [0.2, 0.25) is 0 Å². The van der Waals surface area contributed by atoms with Crippen LogP contribution < -0.4 is 0 Å². The van der Waals surface area contributed by atoms with Gasteiger partial charge >= 0.3 is 0 Å². The molecule has 1 aliphatic heterocycles. The van der Waals surface area contributed by atoms with Gasteiger partial charge < -0.3 is 4.90 Å². The predicted octanol–water partition coefficient (Wildman–Crippen LogP) is 9.19. The Bertz CT molecular complexity index is 819. The Kier molecular flexibility index (Phi) is 17.2. The number of likely N-dealkylation sites (tertiary alicyclic amines) is 1. The molecule has 3 nitrogen and oxygen atoms in total. The second-order valence-electron chi connectivity index (χ2n) is 11.4. The Morgan fingerprint density at radius 3 is 1.65 bits per heavy atom. The van der Waals surface area contributed by atoms with E-state index in [-0.39, 0.29) is 5.91 Å². The molecular weight excluding hydrogens is 452 g/mol. The van der Waals surface area contributed by atoms with Gasteiger partial charge in [-0.15, -0.1) is 0 Å². The average molecular weight is 511 g/mol. The summed E-state index contributed by atoms with van der Waals surface area (Å²) in [6.45, 7) is 21.6. The first kappa shape index (κ1) is 33.2. The molecule has 1 amide bonds. The van der Waals surface area contributed by atoms with Crippen LogP contribution in [0.25, 0.3) is 0 Å². The summed E-state index contributed by atoms with van der Waals surface area (Å²) in [6.07, 6.45) is 22.6. The highest BCUT2D eigenvalue weighted by atomic mass is 16.2. The maximum Gasteiger partial charge on any atom is 0.246 e. The van der Waals surface area contributed by atoms with Crippen molar-refractivity contribution in [3.05, 3.63) is 58.2 Å². The third kappa shape index (κ3) is 15.2. The first-order chi connectivity index (χ1) is 17.7. The van der Waals surface area contributed by atoms with E-state index < -0.39 is 0 Å². The topological polar surface area (TPSA) is 23.6 Å². The van der Waals surface area contributed by atoms with Gasteiger partial charge in [0.05, 0.1) is 0 Å². The lowest BCUT2D eigenvalue weighted by molar-refractivity contribution is -0.128. The number of hydrogen-bond donors (Lipinski definition) is 0. The molecule has 0 spiro atoms. The first-order valence-corrected chi connectivity index (χ1v) is 15.0. The van der Waals surface area contributed by atoms with Crippen LogP contribution >= 0.6 is 0 Å². The molecule has 37 heavy (non-hydrogen) atoms. The van der Waals surface area contributed by atoms with Crippen LogP contribution in [-0.2, 0) is 4.79 Å². The van der Waals surface area contributed by atoms with E-state index >= 15 is 0 Å². The van der Waals surface area contributed by atoms with E-state index in [1.807, 2.05) is 6.08 Å². The molecule has 1 atom stereocenters. The molecule has 1 fully saturated rings. The Hall–Kier alpha value is -1.87. The van der Waals surface area contributed by atoms with Crippen molar-refractivity contribution in [1.82, 2.24) is 9.80 Å². The molecule has 1 unspecified atom stereocenters. The summed E-state index contributed by atoms with van der Waals surface area (Å²) in [5.74, 6) is 0.202. The molecule has 0 N–H and O–H groups in total. The van der Waals surface area contributed by atoms with Crippen molar-refractivity contribution in [3.8, 4) is 0 Å². The van der Waals surface area contributed by atoms with Crippen molar-refractivity contribution < 1.29 is 4.79 Å². The van der Waals surface area contributed by atoms with Crippen molar-refractivity contribution in [2.24, 2.45) is 0 Å². The van der Waals surface area contributed by atoms with Gasteiger partial charge in [-0.3, -0.25) is 9.69 Å². The molecule has 0 aromatic carbocycles. The van der Waals surface area contributed by atoms with Gasteiger partial charge in [-0.2, -0.15) is 0 Å². The highest BCUT2D eigenvalue weighted by Gasteiger charge is 2.25. The van der Waals surface area contributed by atoms with Gasteiger partial charge in [-0.05, 0) is 119 Å². The molecule has 0 aliphatic carbocycles. The molecule has 1 aliphatic rings. The van der Waals surface area contributed by atoms with E-state index in [0.29, 0.717) is 6.04 Å². The van der Waals surface area contributed by atoms with Crippen LogP contribution in [0, 0.1) is 0 Å². The van der Waals surface area contributed by atoms with Crippen LogP contribution in [0.1, 0.15) is 120 Å². The zero-order chi connectivity index (χ0) is 27.6. The van der Waals surface area contributed by atoms with Crippen molar-refractivity contribution in [3.63, 3.8) is 0 Å². The fraction of sp³-hybridized carbons (Fsp3) is 0.676. The number of carbonyl (C=O) groups is 1. The number of nitrogens with zero attached hydrogens (tertiary/aromatic N) is 2. The number of allylic oxidation sites excluding steroid dienone is 9. The lowest BCUT2D eigenvalue weighted by Gasteiger charge is -2.38. The molecule has 210 valence electrons. The van der Waals surface area contributed by atoms with Gasteiger partial charge in [0.1, 0.15) is 0 Å². The summed E-state index contributed by atoms with van der Waals surface area (Å²) < 4.78 is 0. The zero-order valence-electron chi connectivity index (χ0n) is 25.7. The van der Waals surface area contributed by atoms with Gasteiger partial charge in [-0.25, -0.2) is 0 Å². The van der Waals surface area contributed by atoms with Crippen molar-refractivity contribution in [2.45, 2.75) is 126 Å². The fourth-order valence-corrected chi connectivity index (χ4v) is 5.10. The highest BCUT2D eigenvalue weighted by molar-refractivity contribution is 5.88. The third-order valence-corrected chi connectivity index (χ3v) is 7.59. The lowest BCUT2D eigenvalue weighted by Crippen LogP contribution is -2.49. The van der Waals surface area contributed by atoms with Gasteiger partial charge in [0, 0.05) is 25.2 Å². The van der Waals surface area contributed by atoms with Gasteiger partial charge in [0.15, 0.2) is 0 Å². The molecule has 0 radical (unpaired) electrons. The van der Waals surface area contributed by atoms with Gasteiger partial charge in [0.25, 0.3) is 0 Å². The molecule has 0 bridgehead atoms. The Morgan fingerprint density at radius 1 is 0.730 bits per heavy atom. The molecule has 0 saturated carbocycles. The van der Waals surface area contributed by atoms with Crippen LogP contribution in [0.4, 0.5) is 0 Å². The maximum absolute atomic E-state index is 12.8. The number of piperidine rings is 1. The maximum atomic E-state index is 12.8. The minimum Gasteiger partial charge on any atom is -0.338 e. The zero-order valence-corrected chi connectivity index (χ0v) is 25.7. The Morgan fingerprint density at radius 2 is 1.19 bits per heavy atom. The van der Waals surface area contributed by atoms with Crippen LogP contribution in [0.5, 0.6) is 0 Å². The molecule has 0 aromatic heterocycles. The van der Waals surface area contributed by atoms with Crippen LogP contribution in [0.15, 0.2) is 58.2 Å². The number of likely N-dealkylation sites (N-methyl/N-ethyl adjacent to an activating group) is 1. The monoisotopic (exact) mass is 510 g/mol. The summed E-state index contributed by atoms with van der Waals surface area (Å²) >= 11 is 0. The number of rotatable bonds is 16. The highest BCUT2D eigenvalue weighted by Crippen LogP contribution is 2.18. The van der Waals surface area contributed by atoms with Gasteiger partial charge in [-0.1, -0.05) is 66.0 Å². The van der Waals surface area contributed by atoms with Crippen molar-refractivity contribution in [2.75, 3.05) is 26.2 Å². The van der Waals surface area contributed by atoms with Crippen LogP contribution in [0.3, 0.4) is 0 Å². The van der Waals surface area contributed by atoms with Crippen molar-refractivity contribution in [1.29, 1.82) is 0 Å². The van der Waals surface area contributed by atoms with Gasteiger partial charge in [0.2, 0.25) is 5.91 Å². The fourth-order valence-electron chi connectivity index (χ4n) is 5.10. The van der Waals surface area contributed by atoms with Crippen LogP contribution in [-0.4, -0.2) is 47.9 Å². The quantitative estimate of drug-likeness (QED) is 0.153. The lowest BCUT2D eigenvalue weighted by atomic mass is 10.0. The Labute approximate surface area is 230 Å². The van der Waals surface area contributed by atoms with E-state index in [1.54, 1.807) is 0 Å². The van der Waals surface area contributed by atoms with E-state index in [2.05, 4.69) is 89.5 Å². The minimum atomic E-state index is 0.202. The third-order valence-electron chi connectivity index (χ3n) is 7.59. The second kappa shape index (κ2) is 19.2. The summed E-state index contributed by atoms with van der Waals surface area (Å²) in [5.41, 5.74) is 7.07. The summed E-state index contributed by atoms with van der Waals surface area (Å²) in [5, 5.41) is 0. The number of carbonyl (C=O) groups excluding carboxylic acids is 1. The minimum absolute atomic E-state index is 0.202. The van der Waals surface area contributed by atoms with E-state index in [9.17, 15) is 4.79 Å². The van der Waals surface area contributed by atoms with Crippen molar-refractivity contribution >= 4 is 5.91 Å². The first-order valence-electron chi connectivity index (χ1n) is 15.0. The second-order valence-corrected chi connectivity index (χ2v) is 11.4. The largest absolute Gasteiger partial charge is 0.338 e.